The molecule has 2 aromatic carbocycles. The number of carbonyl (C=O) groups is 3. The van der Waals surface area contributed by atoms with Crippen molar-refractivity contribution in [3.8, 4) is 0 Å². The molecule has 0 aliphatic rings. The van der Waals surface area contributed by atoms with E-state index in [1.54, 1.807) is 0 Å². The van der Waals surface area contributed by atoms with E-state index in [0.29, 0.717) is 6.07 Å². The molecule has 34 heavy (non-hydrogen) atoms. The Morgan fingerprint density at radius 1 is 0.824 bits per heavy atom. The van der Waals surface area contributed by atoms with Gasteiger partial charge < -0.3 is 15.4 Å². The minimum absolute atomic E-state index is 0.0451. The zero-order valence-corrected chi connectivity index (χ0v) is 17.9. The third-order valence-electron chi connectivity index (χ3n) is 4.19. The molecule has 6 nitrogen and oxygen atoms in total. The van der Waals surface area contributed by atoms with Crippen molar-refractivity contribution in [3.05, 3.63) is 58.6 Å². The number of rotatable bonds is 8. The van der Waals surface area contributed by atoms with Crippen LogP contribution in [0.15, 0.2) is 42.5 Å². The van der Waals surface area contributed by atoms with E-state index >= 15 is 0 Å². The lowest BCUT2D eigenvalue weighted by Crippen LogP contribution is -2.21. The highest BCUT2D eigenvalue weighted by Gasteiger charge is 2.31. The van der Waals surface area contributed by atoms with Crippen molar-refractivity contribution < 1.29 is 45.5 Å². The predicted octanol–water partition coefficient (Wildman–Crippen LogP) is 5.67. The molecule has 13 heteroatoms. The maximum atomic E-state index is 12.8. The molecule has 2 rings (SSSR count). The maximum Gasteiger partial charge on any atom is 0.416 e. The van der Waals surface area contributed by atoms with Crippen LogP contribution in [0.5, 0.6) is 0 Å². The molecule has 0 saturated carbocycles. The average Bonchev–Trinajstić information content (AvgIpc) is 2.72. The van der Waals surface area contributed by atoms with Crippen molar-refractivity contribution in [1.82, 2.24) is 0 Å². The molecule has 2 aromatic rings. The Labute approximate surface area is 194 Å². The molecule has 0 aromatic heterocycles. The minimum atomic E-state index is -4.62. The molecule has 0 radical (unpaired) electrons. The molecule has 0 aliphatic carbocycles. The number of ether oxygens (including phenoxy) is 1. The van der Waals surface area contributed by atoms with Gasteiger partial charge in [0.25, 0.3) is 5.91 Å². The van der Waals surface area contributed by atoms with E-state index in [0.717, 1.165) is 30.3 Å². The number of alkyl halides is 6. The lowest BCUT2D eigenvalue weighted by Gasteiger charge is -2.11. The minimum Gasteiger partial charge on any atom is -0.456 e. The monoisotopic (exact) mass is 510 g/mol. The van der Waals surface area contributed by atoms with Crippen LogP contribution in [0, 0.1) is 0 Å². The average molecular weight is 511 g/mol. The zero-order chi connectivity index (χ0) is 25.5. The largest absolute Gasteiger partial charge is 0.456 e. The first-order valence-corrected chi connectivity index (χ1v) is 9.93. The van der Waals surface area contributed by atoms with Gasteiger partial charge in [0, 0.05) is 18.5 Å². The van der Waals surface area contributed by atoms with Gasteiger partial charge in [0.2, 0.25) is 5.91 Å². The number of halogens is 7. The van der Waals surface area contributed by atoms with Crippen LogP contribution in [0.2, 0.25) is 5.02 Å². The maximum absolute atomic E-state index is 12.8. The fourth-order valence-electron chi connectivity index (χ4n) is 2.59. The molecule has 0 atom stereocenters. The number of anilines is 2. The van der Waals surface area contributed by atoms with Crippen LogP contribution < -0.4 is 10.6 Å². The molecular formula is C21H17ClF6N2O4. The summed E-state index contributed by atoms with van der Waals surface area (Å²) in [4.78, 5) is 35.4. The molecule has 184 valence electrons. The Kier molecular flexibility index (Phi) is 8.91. The number of carbonyl (C=O) groups excluding carboxylic acids is 3. The van der Waals surface area contributed by atoms with Crippen molar-refractivity contribution in [1.29, 1.82) is 0 Å². The Morgan fingerprint density at radius 3 is 2.12 bits per heavy atom. The highest BCUT2D eigenvalue weighted by molar-refractivity contribution is 6.33. The summed E-state index contributed by atoms with van der Waals surface area (Å²) in [6, 6.07) is 6.30. The van der Waals surface area contributed by atoms with Crippen molar-refractivity contribution in [3.63, 3.8) is 0 Å². The second-order valence-electron chi connectivity index (χ2n) is 6.88. The SMILES string of the molecule is O=C(COC(=O)CCCC(=O)Nc1cc(C(F)(F)F)ccc1Cl)Nc1cccc(C(F)(F)F)c1. The summed E-state index contributed by atoms with van der Waals surface area (Å²) in [5.41, 5.74) is -2.35. The predicted molar refractivity (Wildman–Crippen MR) is 110 cm³/mol. The van der Waals surface area contributed by atoms with E-state index in [-0.39, 0.29) is 35.7 Å². The first-order chi connectivity index (χ1) is 15.8. The summed E-state index contributed by atoms with van der Waals surface area (Å²) in [5, 5.41) is 4.28. The fourth-order valence-corrected chi connectivity index (χ4v) is 2.76. The zero-order valence-electron chi connectivity index (χ0n) is 17.1. The van der Waals surface area contributed by atoms with Crippen LogP contribution in [0.25, 0.3) is 0 Å². The first kappa shape index (κ1) is 27.0. The summed E-state index contributed by atoms with van der Waals surface area (Å²) < 4.78 is 81.0. The van der Waals surface area contributed by atoms with Crippen LogP contribution in [0.4, 0.5) is 37.7 Å². The number of amides is 2. The Morgan fingerprint density at radius 2 is 1.47 bits per heavy atom. The van der Waals surface area contributed by atoms with Gasteiger partial charge in [-0.25, -0.2) is 0 Å². The molecule has 0 saturated heterocycles. The van der Waals surface area contributed by atoms with Crippen molar-refractivity contribution in [2.75, 3.05) is 17.2 Å². The molecule has 0 heterocycles. The highest BCUT2D eigenvalue weighted by atomic mass is 35.5. The lowest BCUT2D eigenvalue weighted by atomic mass is 10.2. The van der Waals surface area contributed by atoms with Crippen LogP contribution in [0.1, 0.15) is 30.4 Å². The molecule has 0 fully saturated rings. The van der Waals surface area contributed by atoms with Crippen LogP contribution in [0.3, 0.4) is 0 Å². The number of benzene rings is 2. The van der Waals surface area contributed by atoms with Crippen molar-refractivity contribution in [2.45, 2.75) is 31.6 Å². The van der Waals surface area contributed by atoms with Crippen LogP contribution in [-0.4, -0.2) is 24.4 Å². The van der Waals surface area contributed by atoms with Crippen LogP contribution in [-0.2, 0) is 31.5 Å². The van der Waals surface area contributed by atoms with Gasteiger partial charge in [-0.3, -0.25) is 14.4 Å². The molecule has 2 N–H and O–H groups in total. The van der Waals surface area contributed by atoms with Crippen LogP contribution >= 0.6 is 11.6 Å². The van der Waals surface area contributed by atoms with E-state index < -0.39 is 47.9 Å². The molecule has 0 aliphatic heterocycles. The van der Waals surface area contributed by atoms with Gasteiger partial charge >= 0.3 is 18.3 Å². The Hall–Kier alpha value is -3.28. The van der Waals surface area contributed by atoms with E-state index in [4.69, 9.17) is 16.3 Å². The third kappa shape index (κ3) is 8.58. The topological polar surface area (TPSA) is 84.5 Å². The Bertz CT molecular complexity index is 1060. The lowest BCUT2D eigenvalue weighted by molar-refractivity contribution is -0.147. The van der Waals surface area contributed by atoms with Crippen molar-refractivity contribution in [2.24, 2.45) is 0 Å². The summed E-state index contributed by atoms with van der Waals surface area (Å²) in [6.07, 6.45) is -9.80. The molecule has 0 spiro atoms. The second kappa shape index (κ2) is 11.2. The summed E-state index contributed by atoms with van der Waals surface area (Å²) in [5.74, 6) is -2.43. The van der Waals surface area contributed by atoms with Gasteiger partial charge in [0.05, 0.1) is 21.8 Å². The van der Waals surface area contributed by atoms with Gasteiger partial charge in [-0.2, -0.15) is 26.3 Å². The van der Waals surface area contributed by atoms with Gasteiger partial charge in [-0.15, -0.1) is 0 Å². The number of hydrogen-bond donors (Lipinski definition) is 2. The normalized spacial score (nSPS) is 11.6. The van der Waals surface area contributed by atoms with E-state index in [9.17, 15) is 40.7 Å². The molecular weight excluding hydrogens is 494 g/mol. The number of nitrogens with one attached hydrogen (secondary N) is 2. The second-order valence-corrected chi connectivity index (χ2v) is 7.29. The number of hydrogen-bond acceptors (Lipinski definition) is 4. The highest BCUT2D eigenvalue weighted by Crippen LogP contribution is 2.34. The molecule has 2 amide bonds. The fraction of sp³-hybridized carbons (Fsp3) is 0.286. The molecule has 0 unspecified atom stereocenters. The standard InChI is InChI=1S/C21H17ClF6N2O4/c22-15-8-7-13(21(26,27)28)10-16(15)30-17(31)5-2-6-19(33)34-11-18(32)29-14-4-1-3-12(9-14)20(23,24)25/h1,3-4,7-10H,2,5-6,11H2,(H,29,32)(H,30,31). The number of esters is 1. The van der Waals surface area contributed by atoms with E-state index in [2.05, 4.69) is 10.6 Å². The first-order valence-electron chi connectivity index (χ1n) is 9.55. The smallest absolute Gasteiger partial charge is 0.416 e. The van der Waals surface area contributed by atoms with Gasteiger partial charge in [0.1, 0.15) is 0 Å². The molecule has 0 bridgehead atoms. The van der Waals surface area contributed by atoms with Gasteiger partial charge in [-0.1, -0.05) is 17.7 Å². The van der Waals surface area contributed by atoms with Crippen molar-refractivity contribution >= 4 is 40.8 Å². The van der Waals surface area contributed by atoms with E-state index in [1.165, 1.54) is 6.07 Å². The van der Waals surface area contributed by atoms with Gasteiger partial charge in [0.15, 0.2) is 6.61 Å². The third-order valence-corrected chi connectivity index (χ3v) is 4.52. The summed E-state index contributed by atoms with van der Waals surface area (Å²) in [6.45, 7) is -0.763. The Balaban J connectivity index is 1.75. The summed E-state index contributed by atoms with van der Waals surface area (Å²) >= 11 is 5.78. The summed E-state index contributed by atoms with van der Waals surface area (Å²) in [7, 11) is 0. The quantitative estimate of drug-likeness (QED) is 0.354. The van der Waals surface area contributed by atoms with Gasteiger partial charge in [-0.05, 0) is 42.8 Å². The van der Waals surface area contributed by atoms with E-state index in [1.807, 2.05) is 0 Å².